The number of halogens is 1. The molecule has 92 valence electrons. The van der Waals surface area contributed by atoms with Gasteiger partial charge in [0.1, 0.15) is 10.7 Å². The fourth-order valence-corrected chi connectivity index (χ4v) is 2.91. The predicted molar refractivity (Wildman–Crippen MR) is 68.0 cm³/mol. The van der Waals surface area contributed by atoms with Crippen LogP contribution in [0.2, 0.25) is 5.02 Å². The molecule has 0 saturated carbocycles. The fraction of sp³-hybridized carbons (Fsp3) is 0.182. The molecule has 0 fully saturated rings. The van der Waals surface area contributed by atoms with E-state index in [-0.39, 0.29) is 10.9 Å². The molecule has 3 rings (SSSR count). The first-order chi connectivity index (χ1) is 8.54. The average Bonchev–Trinajstić information content (AvgIpc) is 2.92. The van der Waals surface area contributed by atoms with Crippen LogP contribution in [0.3, 0.4) is 0 Å². The number of thiazole rings is 1. The van der Waals surface area contributed by atoms with Gasteiger partial charge in [-0.05, 0) is 19.1 Å². The van der Waals surface area contributed by atoms with Crippen molar-refractivity contribution in [2.75, 3.05) is 0 Å². The highest BCUT2D eigenvalue weighted by Crippen LogP contribution is 2.28. The largest absolute Gasteiger partial charge is 0.323 e. The van der Waals surface area contributed by atoms with Gasteiger partial charge in [0.2, 0.25) is 0 Å². The molecule has 7 heteroatoms. The van der Waals surface area contributed by atoms with Crippen LogP contribution in [0.5, 0.6) is 0 Å². The van der Waals surface area contributed by atoms with Crippen molar-refractivity contribution in [2.45, 2.75) is 12.6 Å². The first-order valence-corrected chi connectivity index (χ1v) is 6.49. The van der Waals surface area contributed by atoms with Gasteiger partial charge in [0, 0.05) is 5.38 Å². The molecular weight excluding hydrogens is 274 g/mol. The van der Waals surface area contributed by atoms with Crippen LogP contribution in [-0.2, 0) is 5.66 Å². The summed E-state index contributed by atoms with van der Waals surface area (Å²) in [5.41, 5.74) is 1.18. The zero-order valence-corrected chi connectivity index (χ0v) is 10.9. The van der Waals surface area contributed by atoms with Crippen molar-refractivity contribution < 1.29 is 4.79 Å². The van der Waals surface area contributed by atoms with Crippen LogP contribution >= 0.6 is 22.9 Å². The number of pyridine rings is 1. The zero-order valence-electron chi connectivity index (χ0n) is 9.31. The van der Waals surface area contributed by atoms with E-state index in [1.165, 1.54) is 28.0 Å². The number of amides is 1. The average molecular weight is 282 g/mol. The Morgan fingerprint density at radius 3 is 2.89 bits per heavy atom. The number of hydrogen-bond donors (Lipinski definition) is 1. The van der Waals surface area contributed by atoms with Crippen molar-refractivity contribution >= 4 is 28.8 Å². The molecule has 0 aliphatic carbocycles. The Morgan fingerprint density at radius 1 is 1.44 bits per heavy atom. The number of nitrogens with one attached hydrogen (secondary N) is 1. The molecule has 5 nitrogen and oxygen atoms in total. The van der Waals surface area contributed by atoms with Gasteiger partial charge in [-0.1, -0.05) is 11.6 Å². The quantitative estimate of drug-likeness (QED) is 0.860. The highest BCUT2D eigenvalue weighted by molar-refractivity contribution is 7.07. The Bertz CT molecular complexity index is 695. The van der Waals surface area contributed by atoms with Crippen molar-refractivity contribution in [3.05, 3.63) is 49.8 Å². The molecule has 0 aromatic carbocycles. The minimum Gasteiger partial charge on any atom is -0.323 e. The van der Waals surface area contributed by atoms with Crippen molar-refractivity contribution in [3.63, 3.8) is 0 Å². The predicted octanol–water partition coefficient (Wildman–Crippen LogP) is 1.42. The van der Waals surface area contributed by atoms with Crippen LogP contribution < -0.4 is 10.9 Å². The number of aromatic nitrogens is 2. The minimum atomic E-state index is -0.978. The topological polar surface area (TPSA) is 64.0 Å². The molecule has 0 bridgehead atoms. The molecule has 1 unspecified atom stereocenters. The van der Waals surface area contributed by atoms with Gasteiger partial charge in [0.25, 0.3) is 11.5 Å². The molecule has 3 heterocycles. The Kier molecular flexibility index (Phi) is 2.33. The lowest BCUT2D eigenvalue weighted by molar-refractivity contribution is 0.0940. The molecular formula is C11H8ClN3O2S. The molecule has 1 aliphatic heterocycles. The third-order valence-electron chi connectivity index (χ3n) is 3.00. The van der Waals surface area contributed by atoms with Crippen molar-refractivity contribution in [2.24, 2.45) is 0 Å². The molecule has 1 N–H and O–H groups in total. The summed E-state index contributed by atoms with van der Waals surface area (Å²) in [7, 11) is 0. The van der Waals surface area contributed by atoms with Crippen LogP contribution in [0, 0.1) is 0 Å². The highest BCUT2D eigenvalue weighted by atomic mass is 35.5. The second-order valence-corrected chi connectivity index (χ2v) is 5.23. The van der Waals surface area contributed by atoms with Crippen LogP contribution in [0.4, 0.5) is 0 Å². The van der Waals surface area contributed by atoms with E-state index >= 15 is 0 Å². The Labute approximate surface area is 111 Å². The molecule has 0 spiro atoms. The molecule has 2 aromatic rings. The van der Waals surface area contributed by atoms with E-state index < -0.39 is 11.2 Å². The standard InChI is InChI=1S/C11H8ClN3O2S/c1-11(8-4-18-5-13-8)14-9(16)7-3-2-6(12)10(17)15(7)11/h2-5H,1H3,(H,14,16). The summed E-state index contributed by atoms with van der Waals surface area (Å²) in [6.07, 6.45) is 0. The molecule has 18 heavy (non-hydrogen) atoms. The van der Waals surface area contributed by atoms with Gasteiger partial charge in [-0.3, -0.25) is 14.2 Å². The van der Waals surface area contributed by atoms with E-state index in [1.54, 1.807) is 17.8 Å². The highest BCUT2D eigenvalue weighted by Gasteiger charge is 2.42. The van der Waals surface area contributed by atoms with E-state index in [1.807, 2.05) is 0 Å². The van der Waals surface area contributed by atoms with Crippen molar-refractivity contribution in [1.29, 1.82) is 0 Å². The maximum Gasteiger partial charge on any atom is 0.272 e. The normalized spacial score (nSPS) is 21.8. The van der Waals surface area contributed by atoms with E-state index in [0.717, 1.165) is 0 Å². The second-order valence-electron chi connectivity index (χ2n) is 4.11. The zero-order chi connectivity index (χ0) is 12.9. The fourth-order valence-electron chi connectivity index (χ4n) is 2.11. The Balaban J connectivity index is 2.35. The number of nitrogens with zero attached hydrogens (tertiary/aromatic N) is 2. The third kappa shape index (κ3) is 1.36. The smallest absolute Gasteiger partial charge is 0.272 e. The lowest BCUT2D eigenvalue weighted by Crippen LogP contribution is -2.46. The second kappa shape index (κ2) is 3.66. The Hall–Kier alpha value is -1.66. The first-order valence-electron chi connectivity index (χ1n) is 5.17. The third-order valence-corrected chi connectivity index (χ3v) is 3.88. The van der Waals surface area contributed by atoms with E-state index in [2.05, 4.69) is 10.3 Å². The van der Waals surface area contributed by atoms with E-state index in [9.17, 15) is 9.59 Å². The summed E-state index contributed by atoms with van der Waals surface area (Å²) < 4.78 is 1.35. The summed E-state index contributed by atoms with van der Waals surface area (Å²) in [6.45, 7) is 1.73. The molecule has 1 aliphatic rings. The molecule has 1 atom stereocenters. The van der Waals surface area contributed by atoms with E-state index in [4.69, 9.17) is 11.6 Å². The number of rotatable bonds is 1. The van der Waals surface area contributed by atoms with Crippen LogP contribution in [0.15, 0.2) is 27.8 Å². The van der Waals surface area contributed by atoms with E-state index in [0.29, 0.717) is 11.4 Å². The summed E-state index contributed by atoms with van der Waals surface area (Å²) in [4.78, 5) is 28.2. The Morgan fingerprint density at radius 2 is 2.22 bits per heavy atom. The summed E-state index contributed by atoms with van der Waals surface area (Å²) in [5, 5.41) is 4.65. The number of fused-ring (bicyclic) bond motifs is 1. The van der Waals surface area contributed by atoms with Gasteiger partial charge in [-0.15, -0.1) is 11.3 Å². The summed E-state index contributed by atoms with van der Waals surface area (Å²) in [6, 6.07) is 2.97. The molecule has 2 aromatic heterocycles. The van der Waals surface area contributed by atoms with Crippen LogP contribution in [-0.4, -0.2) is 15.5 Å². The summed E-state index contributed by atoms with van der Waals surface area (Å²) >= 11 is 7.24. The maximum atomic E-state index is 12.1. The van der Waals surface area contributed by atoms with Crippen LogP contribution in [0.25, 0.3) is 0 Å². The number of carbonyl (C=O) groups is 1. The minimum absolute atomic E-state index is 0.0803. The van der Waals surface area contributed by atoms with Gasteiger partial charge in [-0.25, -0.2) is 4.98 Å². The number of hydrogen-bond acceptors (Lipinski definition) is 4. The molecule has 0 radical (unpaired) electrons. The summed E-state index contributed by atoms with van der Waals surface area (Å²) in [5.74, 6) is -0.306. The first kappa shape index (κ1) is 11.4. The van der Waals surface area contributed by atoms with Crippen molar-refractivity contribution in [1.82, 2.24) is 14.9 Å². The van der Waals surface area contributed by atoms with Gasteiger partial charge in [0.05, 0.1) is 11.2 Å². The maximum absolute atomic E-state index is 12.1. The van der Waals surface area contributed by atoms with Crippen LogP contribution in [0.1, 0.15) is 23.1 Å². The van der Waals surface area contributed by atoms with Gasteiger partial charge in [0.15, 0.2) is 5.66 Å². The van der Waals surface area contributed by atoms with Crippen molar-refractivity contribution in [3.8, 4) is 0 Å². The SMILES string of the molecule is CC1(c2cscn2)NC(=O)c2ccc(Cl)c(=O)n21. The number of carbonyl (C=O) groups excluding carboxylic acids is 1. The lowest BCUT2D eigenvalue weighted by atomic mass is 10.1. The molecule has 1 amide bonds. The van der Waals surface area contributed by atoms with Gasteiger partial charge >= 0.3 is 0 Å². The van der Waals surface area contributed by atoms with Gasteiger partial charge < -0.3 is 5.32 Å². The molecule has 0 saturated heterocycles. The van der Waals surface area contributed by atoms with Gasteiger partial charge in [-0.2, -0.15) is 0 Å². The lowest BCUT2D eigenvalue weighted by Gasteiger charge is -2.24. The monoisotopic (exact) mass is 281 g/mol.